The van der Waals surface area contributed by atoms with Gasteiger partial charge in [-0.15, -0.1) is 5.10 Å². The Hall–Kier alpha value is -0.880. The molecule has 1 N–H and O–H groups in total. The van der Waals surface area contributed by atoms with Crippen molar-refractivity contribution in [3.8, 4) is 0 Å². The van der Waals surface area contributed by atoms with Crippen LogP contribution in [0.5, 0.6) is 0 Å². The number of aromatic amines is 1. The molecule has 92 valence electrons. The second-order valence-electron chi connectivity index (χ2n) is 3.66. The predicted octanol–water partition coefficient (Wildman–Crippen LogP) is 1.82. The number of H-pyrrole nitrogens is 1. The molecule has 1 rings (SSSR count). The number of likely N-dealkylation sites (N-methyl/N-ethyl adjacent to an activating group) is 1. The fraction of sp³-hybridized carbons (Fsp3) is 0.800. The minimum absolute atomic E-state index is 0.283. The fourth-order valence-corrected chi connectivity index (χ4v) is 2.05. The molecular weight excluding hydrogens is 224 g/mol. The summed E-state index contributed by atoms with van der Waals surface area (Å²) in [7, 11) is 1.71. The summed E-state index contributed by atoms with van der Waals surface area (Å²) in [4.78, 5) is 2.18. The lowest BCUT2D eigenvalue weighted by Crippen LogP contribution is -2.38. The van der Waals surface area contributed by atoms with E-state index in [0.29, 0.717) is 11.4 Å². The van der Waals surface area contributed by atoms with Crippen LogP contribution in [0.1, 0.15) is 20.8 Å². The lowest BCUT2D eigenvalue weighted by molar-refractivity contribution is 0.181. The number of hydrogen-bond acceptors (Lipinski definition) is 4. The number of anilines is 1. The van der Waals surface area contributed by atoms with Gasteiger partial charge in [0.15, 0.2) is 4.77 Å². The molecule has 0 aliphatic rings. The van der Waals surface area contributed by atoms with E-state index in [0.717, 1.165) is 19.0 Å². The van der Waals surface area contributed by atoms with Gasteiger partial charge >= 0.3 is 0 Å². The molecule has 0 amide bonds. The minimum atomic E-state index is 0.283. The van der Waals surface area contributed by atoms with Gasteiger partial charge in [0.25, 0.3) is 0 Å². The molecular formula is C10H20N4OS. The van der Waals surface area contributed by atoms with Crippen LogP contribution < -0.4 is 4.90 Å². The van der Waals surface area contributed by atoms with E-state index < -0.39 is 0 Å². The number of nitrogens with one attached hydrogen (secondary N) is 1. The highest BCUT2D eigenvalue weighted by molar-refractivity contribution is 7.71. The van der Waals surface area contributed by atoms with Gasteiger partial charge in [-0.3, -0.25) is 4.57 Å². The van der Waals surface area contributed by atoms with Crippen molar-refractivity contribution in [3.05, 3.63) is 4.77 Å². The Morgan fingerprint density at radius 2 is 2.25 bits per heavy atom. The third-order valence-corrected chi connectivity index (χ3v) is 2.90. The van der Waals surface area contributed by atoms with E-state index in [1.807, 2.05) is 4.57 Å². The van der Waals surface area contributed by atoms with Crippen LogP contribution in [0, 0.1) is 4.77 Å². The summed E-state index contributed by atoms with van der Waals surface area (Å²) >= 11 is 5.18. The first-order valence-electron chi connectivity index (χ1n) is 5.56. The van der Waals surface area contributed by atoms with Crippen molar-refractivity contribution in [1.82, 2.24) is 14.8 Å². The topological polar surface area (TPSA) is 46.1 Å². The number of hydrogen-bond donors (Lipinski definition) is 1. The molecule has 0 fully saturated rings. The molecule has 1 heterocycles. The number of rotatable bonds is 6. The molecule has 1 unspecified atom stereocenters. The SMILES string of the molecule is CCN(c1n[nH]c(=S)n1CC)C(C)COC. The molecule has 0 aromatic carbocycles. The van der Waals surface area contributed by atoms with Crippen LogP contribution in [-0.2, 0) is 11.3 Å². The fourth-order valence-electron chi connectivity index (χ4n) is 1.80. The van der Waals surface area contributed by atoms with Gasteiger partial charge in [-0.2, -0.15) is 0 Å². The highest BCUT2D eigenvalue weighted by Gasteiger charge is 2.17. The molecule has 0 radical (unpaired) electrons. The predicted molar refractivity (Wildman–Crippen MR) is 67.4 cm³/mol. The van der Waals surface area contributed by atoms with E-state index in [1.54, 1.807) is 7.11 Å². The Labute approximate surface area is 101 Å². The van der Waals surface area contributed by atoms with Gasteiger partial charge in [0.05, 0.1) is 12.6 Å². The summed E-state index contributed by atoms with van der Waals surface area (Å²) < 4.78 is 7.83. The maximum Gasteiger partial charge on any atom is 0.226 e. The average Bonchev–Trinajstić information content (AvgIpc) is 2.61. The van der Waals surface area contributed by atoms with E-state index in [9.17, 15) is 0 Å². The summed E-state index contributed by atoms with van der Waals surface area (Å²) in [6.45, 7) is 8.65. The molecule has 16 heavy (non-hydrogen) atoms. The quantitative estimate of drug-likeness (QED) is 0.775. The summed E-state index contributed by atoms with van der Waals surface area (Å²) in [5.41, 5.74) is 0. The molecule has 1 atom stereocenters. The molecule has 0 spiro atoms. The Morgan fingerprint density at radius 1 is 1.56 bits per heavy atom. The van der Waals surface area contributed by atoms with E-state index in [-0.39, 0.29) is 6.04 Å². The Kier molecular flexibility index (Phi) is 4.95. The van der Waals surface area contributed by atoms with E-state index in [4.69, 9.17) is 17.0 Å². The van der Waals surface area contributed by atoms with Crippen LogP contribution in [0.3, 0.4) is 0 Å². The molecule has 1 aromatic rings. The Morgan fingerprint density at radius 3 is 2.75 bits per heavy atom. The van der Waals surface area contributed by atoms with Gasteiger partial charge in [-0.25, -0.2) is 5.10 Å². The lowest BCUT2D eigenvalue weighted by Gasteiger charge is -2.28. The van der Waals surface area contributed by atoms with Crippen LogP contribution in [0.2, 0.25) is 0 Å². The minimum Gasteiger partial charge on any atom is -0.383 e. The maximum absolute atomic E-state index is 5.18. The zero-order chi connectivity index (χ0) is 12.1. The van der Waals surface area contributed by atoms with Crippen LogP contribution in [-0.4, -0.2) is 41.1 Å². The number of nitrogens with zero attached hydrogens (tertiary/aromatic N) is 3. The Bertz CT molecular complexity index is 373. The largest absolute Gasteiger partial charge is 0.383 e. The van der Waals surface area contributed by atoms with Crippen molar-refractivity contribution in [2.45, 2.75) is 33.4 Å². The van der Waals surface area contributed by atoms with Crippen molar-refractivity contribution >= 4 is 18.2 Å². The van der Waals surface area contributed by atoms with E-state index >= 15 is 0 Å². The average molecular weight is 244 g/mol. The van der Waals surface area contributed by atoms with Gasteiger partial charge in [-0.05, 0) is 33.0 Å². The standard InChI is InChI=1S/C10H20N4OS/c1-5-13(8(3)7-15-4)9-11-12-10(16)14(9)6-2/h8H,5-7H2,1-4H3,(H,12,16). The molecule has 0 bridgehead atoms. The number of aromatic nitrogens is 3. The van der Waals surface area contributed by atoms with Crippen LogP contribution in [0.4, 0.5) is 5.95 Å². The summed E-state index contributed by atoms with van der Waals surface area (Å²) in [6, 6.07) is 0.283. The lowest BCUT2D eigenvalue weighted by atomic mass is 10.3. The van der Waals surface area contributed by atoms with Gasteiger partial charge in [-0.1, -0.05) is 0 Å². The number of ether oxygens (including phenoxy) is 1. The summed E-state index contributed by atoms with van der Waals surface area (Å²) in [5, 5.41) is 7.11. The third-order valence-electron chi connectivity index (χ3n) is 2.59. The molecule has 0 aliphatic carbocycles. The highest BCUT2D eigenvalue weighted by Crippen LogP contribution is 2.14. The summed E-state index contributed by atoms with van der Waals surface area (Å²) in [5.74, 6) is 0.888. The zero-order valence-corrected chi connectivity index (χ0v) is 11.2. The van der Waals surface area contributed by atoms with Crippen LogP contribution in [0.15, 0.2) is 0 Å². The first-order valence-corrected chi connectivity index (χ1v) is 5.97. The second kappa shape index (κ2) is 6.00. The third kappa shape index (κ3) is 2.62. The van der Waals surface area contributed by atoms with Gasteiger partial charge < -0.3 is 9.64 Å². The molecule has 6 heteroatoms. The van der Waals surface area contributed by atoms with E-state index in [2.05, 4.69) is 35.9 Å². The van der Waals surface area contributed by atoms with Crippen LogP contribution in [0.25, 0.3) is 0 Å². The molecule has 1 aromatic heterocycles. The number of methoxy groups -OCH3 is 1. The molecule has 0 aliphatic heterocycles. The van der Waals surface area contributed by atoms with Gasteiger partial charge in [0, 0.05) is 20.2 Å². The van der Waals surface area contributed by atoms with Crippen molar-refractivity contribution < 1.29 is 4.74 Å². The van der Waals surface area contributed by atoms with Crippen molar-refractivity contribution in [3.63, 3.8) is 0 Å². The normalized spacial score (nSPS) is 12.8. The highest BCUT2D eigenvalue weighted by atomic mass is 32.1. The first-order chi connectivity index (χ1) is 7.65. The van der Waals surface area contributed by atoms with Crippen molar-refractivity contribution in [2.75, 3.05) is 25.2 Å². The summed E-state index contributed by atoms with van der Waals surface area (Å²) in [6.07, 6.45) is 0. The van der Waals surface area contributed by atoms with Crippen molar-refractivity contribution in [1.29, 1.82) is 0 Å². The van der Waals surface area contributed by atoms with Gasteiger partial charge in [0.2, 0.25) is 5.95 Å². The van der Waals surface area contributed by atoms with Gasteiger partial charge in [0.1, 0.15) is 0 Å². The molecule has 0 saturated heterocycles. The molecule has 5 nitrogen and oxygen atoms in total. The Balaban J connectivity index is 2.98. The maximum atomic E-state index is 5.18. The first kappa shape index (κ1) is 13.2. The monoisotopic (exact) mass is 244 g/mol. The van der Waals surface area contributed by atoms with Crippen molar-refractivity contribution in [2.24, 2.45) is 0 Å². The zero-order valence-electron chi connectivity index (χ0n) is 10.4. The van der Waals surface area contributed by atoms with Crippen LogP contribution >= 0.6 is 12.2 Å². The smallest absolute Gasteiger partial charge is 0.226 e. The van der Waals surface area contributed by atoms with E-state index in [1.165, 1.54) is 0 Å². The molecule has 0 saturated carbocycles. The second-order valence-corrected chi connectivity index (χ2v) is 4.05.